The van der Waals surface area contributed by atoms with Crippen molar-refractivity contribution in [3.63, 3.8) is 0 Å². The van der Waals surface area contributed by atoms with Gasteiger partial charge >= 0.3 is 19.8 Å². The molecule has 0 heterocycles. The summed E-state index contributed by atoms with van der Waals surface area (Å²) in [5.41, 5.74) is 0. The molecule has 0 aliphatic rings. The third kappa shape index (κ3) is 22.3. The van der Waals surface area contributed by atoms with E-state index in [-0.39, 0.29) is 12.8 Å². The molecule has 0 fully saturated rings. The van der Waals surface area contributed by atoms with Gasteiger partial charge in [0.05, 0.1) is 13.2 Å². The average molecular weight is 537 g/mol. The predicted molar refractivity (Wildman–Crippen MR) is 143 cm³/mol. The topological polar surface area (TPSA) is 119 Å². The van der Waals surface area contributed by atoms with E-state index >= 15 is 0 Å². The molecule has 1 unspecified atom stereocenters. The van der Waals surface area contributed by atoms with E-state index in [0.29, 0.717) is 12.8 Å². The van der Waals surface area contributed by atoms with Crippen LogP contribution >= 0.6 is 7.82 Å². The maximum Gasteiger partial charge on any atom is 0.592 e. The number of carbonyl (C=O) groups excluding carboxylic acids is 2. The summed E-state index contributed by atoms with van der Waals surface area (Å²) < 4.78 is 27.7. The number of hydrogen-bond acceptors (Lipinski definition) is 8. The Balaban J connectivity index is 4.30. The van der Waals surface area contributed by atoms with Gasteiger partial charge in [0.2, 0.25) is 0 Å². The number of phosphoric ester groups is 1. The van der Waals surface area contributed by atoms with E-state index in [0.717, 1.165) is 38.5 Å². The van der Waals surface area contributed by atoms with Crippen molar-refractivity contribution in [2.24, 2.45) is 0 Å². The molecular weight excluding hydrogens is 483 g/mol. The molecule has 0 aliphatic heterocycles. The Morgan fingerprint density at radius 1 is 0.639 bits per heavy atom. The number of aliphatic hydroxyl groups excluding tert-OH is 2. The molecule has 1 atom stereocenters. The third-order valence-electron chi connectivity index (χ3n) is 6.03. The van der Waals surface area contributed by atoms with Gasteiger partial charge in [0.15, 0.2) is 0 Å². The quantitative estimate of drug-likeness (QED) is 0.0867. The summed E-state index contributed by atoms with van der Waals surface area (Å²) in [5, 5.41) is 18.5. The summed E-state index contributed by atoms with van der Waals surface area (Å²) in [6.45, 7) is 3.18. The summed E-state index contributed by atoms with van der Waals surface area (Å²) in [6, 6.07) is 0. The van der Waals surface area contributed by atoms with Crippen LogP contribution in [-0.4, -0.2) is 41.5 Å². The van der Waals surface area contributed by atoms with Crippen LogP contribution in [0, 0.1) is 0 Å². The van der Waals surface area contributed by atoms with Gasteiger partial charge in [-0.05, 0) is 12.8 Å². The molecule has 0 aromatic heterocycles. The van der Waals surface area contributed by atoms with Crippen LogP contribution < -0.4 is 0 Å². The predicted octanol–water partition coefficient (Wildman–Crippen LogP) is 7.39. The summed E-state index contributed by atoms with van der Waals surface area (Å²) >= 11 is 0. The number of unbranched alkanes of at least 4 members (excludes halogenated alkanes) is 16. The number of phosphoric acid groups is 1. The van der Waals surface area contributed by atoms with E-state index in [2.05, 4.69) is 13.8 Å². The van der Waals surface area contributed by atoms with Crippen LogP contribution in [0.5, 0.6) is 0 Å². The zero-order valence-corrected chi connectivity index (χ0v) is 23.8. The first-order valence-electron chi connectivity index (χ1n) is 14.3. The Morgan fingerprint density at radius 2 is 0.972 bits per heavy atom. The molecule has 8 nitrogen and oxygen atoms in total. The third-order valence-corrected chi connectivity index (χ3v) is 7.35. The number of hydrogen-bond donors (Lipinski definition) is 2. The lowest BCUT2D eigenvalue weighted by Gasteiger charge is -2.18. The molecular formula is C27H53O8P. The zero-order chi connectivity index (χ0) is 26.9. The number of carbonyl (C=O) groups is 2. The molecule has 2 N–H and O–H groups in total. The second-order valence-electron chi connectivity index (χ2n) is 9.66. The van der Waals surface area contributed by atoms with Crippen LogP contribution in [0.15, 0.2) is 0 Å². The van der Waals surface area contributed by atoms with E-state index in [9.17, 15) is 19.3 Å². The van der Waals surface area contributed by atoms with Gasteiger partial charge in [0, 0.05) is 12.8 Å². The first-order valence-corrected chi connectivity index (χ1v) is 15.8. The molecule has 0 saturated carbocycles. The van der Waals surface area contributed by atoms with Gasteiger partial charge < -0.3 is 19.3 Å². The van der Waals surface area contributed by atoms with Crippen LogP contribution in [-0.2, 0) is 27.7 Å². The van der Waals surface area contributed by atoms with Crippen molar-refractivity contribution in [3.8, 4) is 0 Å². The van der Waals surface area contributed by atoms with Crippen LogP contribution in [0.25, 0.3) is 0 Å². The lowest BCUT2D eigenvalue weighted by atomic mass is 10.1. The first kappa shape index (κ1) is 35.0. The van der Waals surface area contributed by atoms with Crippen LogP contribution in [0.2, 0.25) is 0 Å². The van der Waals surface area contributed by atoms with Gasteiger partial charge in [0.25, 0.3) is 0 Å². The minimum Gasteiger partial charge on any atom is -0.394 e. The molecule has 36 heavy (non-hydrogen) atoms. The molecule has 0 spiro atoms. The number of rotatable bonds is 26. The van der Waals surface area contributed by atoms with Crippen molar-refractivity contribution >= 4 is 19.8 Å². The van der Waals surface area contributed by atoms with Gasteiger partial charge in [-0.2, -0.15) is 0 Å². The minimum atomic E-state index is -4.52. The Bertz CT molecular complexity index is 544. The molecule has 0 aromatic rings. The minimum absolute atomic E-state index is 0.0432. The van der Waals surface area contributed by atoms with Crippen molar-refractivity contribution in [3.05, 3.63) is 0 Å². The van der Waals surface area contributed by atoms with Crippen molar-refractivity contribution in [2.45, 2.75) is 148 Å². The van der Waals surface area contributed by atoms with E-state index in [4.69, 9.17) is 18.7 Å². The van der Waals surface area contributed by atoms with Gasteiger partial charge in [-0.3, -0.25) is 14.1 Å². The largest absolute Gasteiger partial charge is 0.592 e. The van der Waals surface area contributed by atoms with E-state index in [1.165, 1.54) is 64.2 Å². The molecule has 0 radical (unpaired) electrons. The molecule has 214 valence electrons. The summed E-state index contributed by atoms with van der Waals surface area (Å²) in [7, 11) is -4.52. The number of aliphatic hydroxyl groups is 2. The fraction of sp³-hybridized carbons (Fsp3) is 0.926. The monoisotopic (exact) mass is 536 g/mol. The molecule has 0 aromatic carbocycles. The van der Waals surface area contributed by atoms with Crippen molar-refractivity contribution in [1.29, 1.82) is 0 Å². The summed E-state index contributed by atoms with van der Waals surface area (Å²) in [4.78, 5) is 24.4. The SMILES string of the molecule is CCCCCCCCCCCC(=O)OP(=O)(OCC(O)CO)OC(=O)CCCCCCCCCCC. The van der Waals surface area contributed by atoms with Crippen molar-refractivity contribution < 1.29 is 37.9 Å². The van der Waals surface area contributed by atoms with Crippen LogP contribution in [0.4, 0.5) is 0 Å². The summed E-state index contributed by atoms with van der Waals surface area (Å²) in [6.07, 6.45) is 18.3. The Kier molecular flexibility index (Phi) is 23.7. The molecule has 0 saturated heterocycles. The fourth-order valence-electron chi connectivity index (χ4n) is 3.80. The highest BCUT2D eigenvalue weighted by Gasteiger charge is 2.35. The molecule has 0 rings (SSSR count). The lowest BCUT2D eigenvalue weighted by molar-refractivity contribution is -0.141. The normalized spacial score (nSPS) is 12.4. The fourth-order valence-corrected chi connectivity index (χ4v) is 4.98. The average Bonchev–Trinajstić information content (AvgIpc) is 2.85. The second kappa shape index (κ2) is 24.4. The highest BCUT2D eigenvalue weighted by Crippen LogP contribution is 2.50. The van der Waals surface area contributed by atoms with Gasteiger partial charge in [-0.15, -0.1) is 0 Å². The van der Waals surface area contributed by atoms with E-state index in [1.54, 1.807) is 0 Å². The Hall–Kier alpha value is -0.950. The smallest absolute Gasteiger partial charge is 0.394 e. The van der Waals surface area contributed by atoms with E-state index in [1.807, 2.05) is 0 Å². The van der Waals surface area contributed by atoms with Crippen molar-refractivity contribution in [2.75, 3.05) is 13.2 Å². The van der Waals surface area contributed by atoms with E-state index < -0.39 is 39.1 Å². The maximum absolute atomic E-state index is 12.9. The molecule has 0 amide bonds. The van der Waals surface area contributed by atoms with Gasteiger partial charge in [0.1, 0.15) is 6.10 Å². The second-order valence-corrected chi connectivity index (χ2v) is 11.2. The van der Waals surface area contributed by atoms with Gasteiger partial charge in [-0.1, -0.05) is 117 Å². The van der Waals surface area contributed by atoms with Crippen molar-refractivity contribution in [1.82, 2.24) is 0 Å². The standard InChI is InChI=1S/C27H53O8P/c1-3-5-7-9-11-13-15-17-19-21-26(30)34-36(32,33-24-25(29)23-28)35-27(31)22-20-18-16-14-12-10-8-6-4-2/h25,28-29H,3-24H2,1-2H3. The zero-order valence-electron chi connectivity index (χ0n) is 22.9. The summed E-state index contributed by atoms with van der Waals surface area (Å²) in [5.74, 6) is -1.54. The molecule has 0 bridgehead atoms. The highest BCUT2D eigenvalue weighted by molar-refractivity contribution is 7.49. The Labute approximate surface area is 219 Å². The first-order chi connectivity index (χ1) is 17.4. The highest BCUT2D eigenvalue weighted by atomic mass is 31.2. The molecule has 0 aliphatic carbocycles. The molecule has 9 heteroatoms. The maximum atomic E-state index is 12.9. The van der Waals surface area contributed by atoms with Gasteiger partial charge in [-0.25, -0.2) is 4.57 Å². The Morgan fingerprint density at radius 3 is 1.31 bits per heavy atom. The van der Waals surface area contributed by atoms with Crippen LogP contribution in [0.3, 0.4) is 0 Å². The van der Waals surface area contributed by atoms with Crippen LogP contribution in [0.1, 0.15) is 142 Å². The lowest BCUT2D eigenvalue weighted by Crippen LogP contribution is -2.20.